The van der Waals surface area contributed by atoms with Crippen molar-refractivity contribution in [2.75, 3.05) is 11.6 Å². The highest BCUT2D eigenvalue weighted by Crippen LogP contribution is 2.14. The van der Waals surface area contributed by atoms with Crippen LogP contribution < -0.4 is 11.5 Å². The van der Waals surface area contributed by atoms with Crippen LogP contribution in [0.2, 0.25) is 0 Å². The Kier molecular flexibility index (Phi) is 9.59. The van der Waals surface area contributed by atoms with E-state index < -0.39 is 5.91 Å². The SMILES string of the molecule is Cc1nc(CCl)nc2ccccc12.N#CCCl.NC(=O)c1ccccc1N. The predicted octanol–water partition coefficient (Wildman–Crippen LogP) is 3.79. The molecule has 0 aliphatic heterocycles. The monoisotopic (exact) mass is 403 g/mol. The molecule has 0 fully saturated rings. The van der Waals surface area contributed by atoms with E-state index in [1.807, 2.05) is 31.2 Å². The van der Waals surface area contributed by atoms with Crippen LogP contribution in [0.1, 0.15) is 21.9 Å². The molecule has 1 heterocycles. The maximum atomic E-state index is 10.6. The Hall–Kier alpha value is -2.88. The number of para-hydroxylation sites is 2. The number of alkyl halides is 2. The van der Waals surface area contributed by atoms with Crippen LogP contribution in [0, 0.1) is 18.3 Å². The van der Waals surface area contributed by atoms with E-state index in [1.54, 1.807) is 30.3 Å². The Morgan fingerprint density at radius 2 is 1.70 bits per heavy atom. The summed E-state index contributed by atoms with van der Waals surface area (Å²) in [5, 5.41) is 8.59. The third-order valence-electron chi connectivity index (χ3n) is 3.25. The first-order valence-electron chi connectivity index (χ1n) is 7.80. The number of rotatable bonds is 2. The Labute approximate surface area is 167 Å². The number of halogens is 2. The second kappa shape index (κ2) is 11.7. The summed E-state index contributed by atoms with van der Waals surface area (Å²) in [6, 6.07) is 16.3. The first-order valence-corrected chi connectivity index (χ1v) is 8.86. The smallest absolute Gasteiger partial charge is 0.250 e. The number of nitrogen functional groups attached to an aromatic ring is 1. The third-order valence-corrected chi connectivity index (χ3v) is 3.60. The summed E-state index contributed by atoms with van der Waals surface area (Å²) < 4.78 is 0. The van der Waals surface area contributed by atoms with Gasteiger partial charge in [0.25, 0.3) is 5.91 Å². The molecule has 0 spiro atoms. The fraction of sp³-hybridized carbons (Fsp3) is 0.158. The number of aromatic nitrogens is 2. The molecule has 3 rings (SSSR count). The molecule has 0 radical (unpaired) electrons. The summed E-state index contributed by atoms with van der Waals surface area (Å²) in [6.45, 7) is 1.97. The molecule has 0 bridgehead atoms. The van der Waals surface area contributed by atoms with Crippen molar-refractivity contribution in [3.63, 3.8) is 0 Å². The fourth-order valence-electron chi connectivity index (χ4n) is 2.08. The van der Waals surface area contributed by atoms with Crippen molar-refractivity contribution in [1.29, 1.82) is 5.26 Å². The lowest BCUT2D eigenvalue weighted by Crippen LogP contribution is -2.12. The minimum Gasteiger partial charge on any atom is -0.398 e. The van der Waals surface area contributed by atoms with Crippen LogP contribution in [0.4, 0.5) is 5.69 Å². The van der Waals surface area contributed by atoms with Gasteiger partial charge in [0.2, 0.25) is 0 Å². The van der Waals surface area contributed by atoms with Gasteiger partial charge in [0.15, 0.2) is 0 Å². The summed E-state index contributed by atoms with van der Waals surface area (Å²) in [4.78, 5) is 19.2. The molecule has 0 aliphatic rings. The zero-order valence-electron chi connectivity index (χ0n) is 14.7. The number of primary amides is 1. The minimum atomic E-state index is -0.488. The fourth-order valence-corrected chi connectivity index (χ4v) is 2.20. The number of benzene rings is 2. The van der Waals surface area contributed by atoms with E-state index in [-0.39, 0.29) is 5.88 Å². The first kappa shape index (κ1) is 22.2. The molecule has 0 atom stereocenters. The van der Waals surface area contributed by atoms with Gasteiger partial charge >= 0.3 is 0 Å². The van der Waals surface area contributed by atoms with Crippen LogP contribution >= 0.6 is 23.2 Å². The number of amides is 1. The van der Waals surface area contributed by atoms with Gasteiger partial charge in [-0.05, 0) is 25.1 Å². The number of nitrogens with zero attached hydrogens (tertiary/aromatic N) is 3. The van der Waals surface area contributed by atoms with E-state index in [9.17, 15) is 4.79 Å². The van der Waals surface area contributed by atoms with Gasteiger partial charge in [-0.1, -0.05) is 30.3 Å². The van der Waals surface area contributed by atoms with E-state index in [2.05, 4.69) is 9.97 Å². The quantitative estimate of drug-likeness (QED) is 0.498. The van der Waals surface area contributed by atoms with E-state index in [0.717, 1.165) is 16.6 Å². The Morgan fingerprint density at radius 3 is 2.22 bits per heavy atom. The van der Waals surface area contributed by atoms with Crippen molar-refractivity contribution in [2.45, 2.75) is 12.8 Å². The van der Waals surface area contributed by atoms with Crippen LogP contribution in [-0.4, -0.2) is 21.8 Å². The highest BCUT2D eigenvalue weighted by molar-refractivity contribution is 6.19. The van der Waals surface area contributed by atoms with E-state index in [4.69, 9.17) is 39.9 Å². The van der Waals surface area contributed by atoms with Crippen LogP contribution in [0.25, 0.3) is 10.9 Å². The summed E-state index contributed by atoms with van der Waals surface area (Å²) in [7, 11) is 0. The molecular weight excluding hydrogens is 385 g/mol. The molecule has 1 amide bonds. The van der Waals surface area contributed by atoms with Crippen LogP contribution in [0.15, 0.2) is 48.5 Å². The molecule has 0 saturated heterocycles. The van der Waals surface area contributed by atoms with Gasteiger partial charge in [0.05, 0.1) is 23.0 Å². The number of anilines is 1. The van der Waals surface area contributed by atoms with Gasteiger partial charge in [-0.15, -0.1) is 23.2 Å². The molecule has 6 nitrogen and oxygen atoms in total. The first-order chi connectivity index (χ1) is 12.9. The molecule has 1 aromatic heterocycles. The number of hydrogen-bond acceptors (Lipinski definition) is 5. The Balaban J connectivity index is 0.000000232. The van der Waals surface area contributed by atoms with Crippen LogP contribution in [0.3, 0.4) is 0 Å². The number of hydrogen-bond donors (Lipinski definition) is 2. The number of nitrogens with two attached hydrogens (primary N) is 2. The number of carbonyl (C=O) groups is 1. The number of aryl methyl sites for hydroxylation is 1. The maximum Gasteiger partial charge on any atom is 0.250 e. The minimum absolute atomic E-state index is 0.0972. The van der Waals surface area contributed by atoms with Crippen molar-refractivity contribution in [1.82, 2.24) is 9.97 Å². The van der Waals surface area contributed by atoms with Crippen molar-refractivity contribution in [3.8, 4) is 6.07 Å². The standard InChI is InChI=1S/C10H9ClN2.C7H8N2O.C2H2ClN/c1-7-8-4-2-3-5-9(8)13-10(6-11)12-7;8-6-4-2-1-3-5(6)7(9)10;3-1-2-4/h2-5H,6H2,1H3;1-4H,8H2,(H2,9,10);1H2. The van der Waals surface area contributed by atoms with E-state index in [0.29, 0.717) is 23.0 Å². The highest BCUT2D eigenvalue weighted by Gasteiger charge is 2.02. The molecule has 2 aromatic carbocycles. The molecule has 140 valence electrons. The molecule has 4 N–H and O–H groups in total. The van der Waals surface area contributed by atoms with Crippen LogP contribution in [-0.2, 0) is 5.88 Å². The zero-order valence-corrected chi connectivity index (χ0v) is 16.2. The van der Waals surface area contributed by atoms with Crippen molar-refractivity contribution >= 4 is 45.7 Å². The summed E-state index contributed by atoms with van der Waals surface area (Å²) in [5.74, 6) is 0.669. The van der Waals surface area contributed by atoms with Gasteiger partial charge in [-0.25, -0.2) is 9.97 Å². The number of fused-ring (bicyclic) bond motifs is 1. The van der Waals surface area contributed by atoms with Gasteiger partial charge in [-0.2, -0.15) is 5.26 Å². The molecule has 0 saturated carbocycles. The maximum absolute atomic E-state index is 10.6. The molecule has 3 aromatic rings. The second-order valence-corrected chi connectivity index (χ2v) is 5.65. The van der Waals surface area contributed by atoms with E-state index >= 15 is 0 Å². The molecule has 8 heteroatoms. The average molecular weight is 404 g/mol. The van der Waals surface area contributed by atoms with Gasteiger partial charge < -0.3 is 11.5 Å². The predicted molar refractivity (Wildman–Crippen MR) is 110 cm³/mol. The average Bonchev–Trinajstić information content (AvgIpc) is 2.68. The Bertz CT molecular complexity index is 941. The molecule has 0 unspecified atom stereocenters. The van der Waals surface area contributed by atoms with Crippen molar-refractivity contribution in [2.24, 2.45) is 5.73 Å². The van der Waals surface area contributed by atoms with Gasteiger partial charge in [0.1, 0.15) is 11.7 Å². The number of nitriles is 1. The molecule has 0 aliphatic carbocycles. The van der Waals surface area contributed by atoms with Gasteiger partial charge in [0, 0.05) is 16.8 Å². The summed E-state index contributed by atoms with van der Waals surface area (Å²) in [5.41, 5.74) is 13.2. The largest absolute Gasteiger partial charge is 0.398 e. The van der Waals surface area contributed by atoms with Crippen molar-refractivity contribution in [3.05, 3.63) is 65.6 Å². The lowest BCUT2D eigenvalue weighted by Gasteiger charge is -2.02. The zero-order chi connectivity index (χ0) is 20.2. The molecular formula is C19H19Cl2N5O. The van der Waals surface area contributed by atoms with E-state index in [1.165, 1.54) is 0 Å². The third kappa shape index (κ3) is 7.10. The molecule has 27 heavy (non-hydrogen) atoms. The summed E-state index contributed by atoms with van der Waals surface area (Å²) in [6.07, 6.45) is 0. The lowest BCUT2D eigenvalue weighted by atomic mass is 10.2. The Morgan fingerprint density at radius 1 is 1.11 bits per heavy atom. The second-order valence-electron chi connectivity index (χ2n) is 5.12. The lowest BCUT2D eigenvalue weighted by molar-refractivity contribution is 0.100. The normalized spacial score (nSPS) is 9.26. The number of carbonyl (C=O) groups excluding carboxylic acids is 1. The van der Waals surface area contributed by atoms with Gasteiger partial charge in [-0.3, -0.25) is 4.79 Å². The summed E-state index contributed by atoms with van der Waals surface area (Å²) >= 11 is 10.5. The highest BCUT2D eigenvalue weighted by atomic mass is 35.5. The topological polar surface area (TPSA) is 119 Å². The van der Waals surface area contributed by atoms with Crippen molar-refractivity contribution < 1.29 is 4.79 Å². The van der Waals surface area contributed by atoms with Crippen LogP contribution in [0.5, 0.6) is 0 Å².